The van der Waals surface area contributed by atoms with Crippen LogP contribution in [0.3, 0.4) is 0 Å². The molecule has 1 unspecified atom stereocenters. The van der Waals surface area contributed by atoms with Gasteiger partial charge in [0, 0.05) is 11.8 Å². The zero-order valence-corrected chi connectivity index (χ0v) is 16.5. The summed E-state index contributed by atoms with van der Waals surface area (Å²) in [6, 6.07) is 10.3. The number of amides is 1. The number of nitrogens with zero attached hydrogens (tertiary/aromatic N) is 2. The molecule has 0 saturated heterocycles. The Kier molecular flexibility index (Phi) is 7.30. The molecular weight excluding hydrogens is 394 g/mol. The third-order valence-corrected chi connectivity index (χ3v) is 3.91. The van der Waals surface area contributed by atoms with E-state index in [0.29, 0.717) is 11.3 Å². The molecule has 10 heteroatoms. The molecule has 1 N–H and O–H groups in total. The van der Waals surface area contributed by atoms with Crippen LogP contribution in [0.25, 0.3) is 0 Å². The number of nitrogens with one attached hydrogen (secondary N) is 1. The number of carbonyl (C=O) groups is 2. The van der Waals surface area contributed by atoms with Crippen LogP contribution >= 0.6 is 0 Å². The molecule has 1 amide bonds. The fourth-order valence-electron chi connectivity index (χ4n) is 2.48. The van der Waals surface area contributed by atoms with Gasteiger partial charge in [-0.3, -0.25) is 14.9 Å². The predicted octanol–water partition coefficient (Wildman–Crippen LogP) is 3.06. The molecule has 2 aromatic carbocycles. The van der Waals surface area contributed by atoms with Crippen molar-refractivity contribution in [3.05, 3.63) is 57.6 Å². The lowest BCUT2D eigenvalue weighted by Crippen LogP contribution is -2.30. The van der Waals surface area contributed by atoms with Gasteiger partial charge in [0.15, 0.2) is 17.6 Å². The molecule has 0 fully saturated rings. The molecule has 0 aliphatic heterocycles. The van der Waals surface area contributed by atoms with Crippen LogP contribution in [0.2, 0.25) is 0 Å². The average molecular weight is 413 g/mol. The van der Waals surface area contributed by atoms with Gasteiger partial charge in [0.1, 0.15) is 5.56 Å². The van der Waals surface area contributed by atoms with Crippen LogP contribution in [-0.4, -0.2) is 36.6 Å². The minimum Gasteiger partial charge on any atom is -0.493 e. The van der Waals surface area contributed by atoms with Crippen molar-refractivity contribution in [2.45, 2.75) is 20.0 Å². The highest BCUT2D eigenvalue weighted by molar-refractivity contribution is 5.99. The lowest BCUT2D eigenvalue weighted by atomic mass is 10.1. The summed E-state index contributed by atoms with van der Waals surface area (Å²) in [5.41, 5.74) is -0.240. The van der Waals surface area contributed by atoms with Crippen molar-refractivity contribution >= 4 is 23.3 Å². The number of benzene rings is 2. The van der Waals surface area contributed by atoms with Crippen LogP contribution in [-0.2, 0) is 9.53 Å². The van der Waals surface area contributed by atoms with Crippen molar-refractivity contribution in [3.63, 3.8) is 0 Å². The summed E-state index contributed by atoms with van der Waals surface area (Å²) in [4.78, 5) is 35.5. The molecule has 0 spiro atoms. The Labute approximate surface area is 172 Å². The van der Waals surface area contributed by atoms with Gasteiger partial charge >= 0.3 is 5.97 Å². The third-order valence-electron chi connectivity index (χ3n) is 3.91. The van der Waals surface area contributed by atoms with E-state index in [9.17, 15) is 19.7 Å². The summed E-state index contributed by atoms with van der Waals surface area (Å²) in [7, 11) is 1.31. The predicted molar refractivity (Wildman–Crippen MR) is 105 cm³/mol. The summed E-state index contributed by atoms with van der Waals surface area (Å²) in [5, 5.41) is 22.8. The van der Waals surface area contributed by atoms with Crippen molar-refractivity contribution < 1.29 is 28.7 Å². The van der Waals surface area contributed by atoms with Gasteiger partial charge in [-0.2, -0.15) is 5.26 Å². The van der Waals surface area contributed by atoms with E-state index in [1.165, 1.54) is 20.1 Å². The van der Waals surface area contributed by atoms with Gasteiger partial charge in [-0.1, -0.05) is 6.07 Å². The minimum absolute atomic E-state index is 0.0864. The number of esters is 1. The van der Waals surface area contributed by atoms with Crippen molar-refractivity contribution in [2.75, 3.05) is 19.0 Å². The molecule has 0 saturated carbocycles. The zero-order chi connectivity index (χ0) is 22.3. The van der Waals surface area contributed by atoms with Crippen LogP contribution in [0.5, 0.6) is 11.5 Å². The second-order valence-electron chi connectivity index (χ2n) is 5.94. The standard InChI is InChI=1S/C20H19N3O7/c1-4-29-18-9-15(16(23(26)27)10-17(18)28-3)20(25)30-12(2)19(24)22-14-7-5-6-13(8-14)11-21/h5-10,12H,4H2,1-3H3,(H,22,24). The first-order chi connectivity index (χ1) is 14.3. The number of ether oxygens (including phenoxy) is 3. The molecule has 2 aromatic rings. The second-order valence-corrected chi connectivity index (χ2v) is 5.94. The van der Waals surface area contributed by atoms with Crippen molar-refractivity contribution in [3.8, 4) is 17.6 Å². The number of nitro benzene ring substituents is 1. The molecule has 2 rings (SSSR count). The number of hydrogen-bond acceptors (Lipinski definition) is 8. The van der Waals surface area contributed by atoms with Crippen molar-refractivity contribution in [1.29, 1.82) is 5.26 Å². The van der Waals surface area contributed by atoms with Gasteiger partial charge < -0.3 is 19.5 Å². The topological polar surface area (TPSA) is 141 Å². The molecule has 0 heterocycles. The molecule has 0 aromatic heterocycles. The number of nitriles is 1. The molecule has 156 valence electrons. The van der Waals surface area contributed by atoms with Gasteiger partial charge in [-0.15, -0.1) is 0 Å². The normalized spacial score (nSPS) is 11.0. The average Bonchev–Trinajstić information content (AvgIpc) is 2.73. The quantitative estimate of drug-likeness (QED) is 0.395. The van der Waals surface area contributed by atoms with Crippen molar-refractivity contribution in [2.24, 2.45) is 0 Å². The highest BCUT2D eigenvalue weighted by atomic mass is 16.6. The molecular formula is C20H19N3O7. The van der Waals surface area contributed by atoms with Gasteiger partial charge in [0.05, 0.1) is 36.3 Å². The summed E-state index contributed by atoms with van der Waals surface area (Å²) in [6.45, 7) is 3.26. The molecule has 0 aliphatic carbocycles. The first kappa shape index (κ1) is 22.2. The van der Waals surface area contributed by atoms with Gasteiger partial charge in [0.2, 0.25) is 0 Å². The largest absolute Gasteiger partial charge is 0.493 e. The van der Waals surface area contributed by atoms with E-state index < -0.39 is 28.6 Å². The first-order valence-corrected chi connectivity index (χ1v) is 8.81. The Morgan fingerprint density at radius 3 is 2.60 bits per heavy atom. The summed E-state index contributed by atoms with van der Waals surface area (Å²) in [5.74, 6) is -1.52. The summed E-state index contributed by atoms with van der Waals surface area (Å²) in [6.07, 6.45) is -1.26. The highest BCUT2D eigenvalue weighted by Gasteiger charge is 2.28. The molecule has 30 heavy (non-hydrogen) atoms. The lowest BCUT2D eigenvalue weighted by molar-refractivity contribution is -0.385. The number of carbonyl (C=O) groups excluding carboxylic acids is 2. The van der Waals surface area contributed by atoms with Crippen LogP contribution in [0.15, 0.2) is 36.4 Å². The molecule has 10 nitrogen and oxygen atoms in total. The molecule has 1 atom stereocenters. The summed E-state index contributed by atoms with van der Waals surface area (Å²) < 4.78 is 15.5. The number of hydrogen-bond donors (Lipinski definition) is 1. The van der Waals surface area contributed by atoms with Crippen LogP contribution < -0.4 is 14.8 Å². The monoisotopic (exact) mass is 413 g/mol. The zero-order valence-electron chi connectivity index (χ0n) is 16.5. The third kappa shape index (κ3) is 5.23. The fourth-order valence-corrected chi connectivity index (χ4v) is 2.48. The van der Waals surface area contributed by atoms with E-state index in [0.717, 1.165) is 12.1 Å². The Bertz CT molecular complexity index is 1010. The Morgan fingerprint density at radius 2 is 2.00 bits per heavy atom. The van der Waals surface area contributed by atoms with E-state index >= 15 is 0 Å². The van der Waals surface area contributed by atoms with Crippen LogP contribution in [0, 0.1) is 21.4 Å². The first-order valence-electron chi connectivity index (χ1n) is 8.81. The fraction of sp³-hybridized carbons (Fsp3) is 0.250. The van der Waals surface area contributed by atoms with Gasteiger partial charge in [-0.25, -0.2) is 4.79 Å². The smallest absolute Gasteiger partial charge is 0.346 e. The Hall–Kier alpha value is -4.13. The number of nitro groups is 1. The van der Waals surface area contributed by atoms with E-state index in [-0.39, 0.29) is 23.7 Å². The maximum atomic E-state index is 12.5. The maximum Gasteiger partial charge on any atom is 0.346 e. The SMILES string of the molecule is CCOc1cc(C(=O)OC(C)C(=O)Nc2cccc(C#N)c2)c([N+](=O)[O-])cc1OC. The number of rotatable bonds is 8. The Balaban J connectivity index is 2.22. The van der Waals surface area contributed by atoms with E-state index in [1.54, 1.807) is 25.1 Å². The van der Waals surface area contributed by atoms with Crippen molar-refractivity contribution in [1.82, 2.24) is 0 Å². The number of methoxy groups -OCH3 is 1. The molecule has 0 bridgehead atoms. The lowest BCUT2D eigenvalue weighted by Gasteiger charge is -2.15. The van der Waals surface area contributed by atoms with E-state index in [1.807, 2.05) is 6.07 Å². The maximum absolute atomic E-state index is 12.5. The molecule has 0 aliphatic rings. The van der Waals surface area contributed by atoms with Crippen LogP contribution in [0.4, 0.5) is 11.4 Å². The summed E-state index contributed by atoms with van der Waals surface area (Å²) >= 11 is 0. The highest BCUT2D eigenvalue weighted by Crippen LogP contribution is 2.35. The van der Waals surface area contributed by atoms with Gasteiger partial charge in [0.25, 0.3) is 11.6 Å². The van der Waals surface area contributed by atoms with Gasteiger partial charge in [-0.05, 0) is 32.0 Å². The molecule has 0 radical (unpaired) electrons. The number of anilines is 1. The van der Waals surface area contributed by atoms with E-state index in [2.05, 4.69) is 5.32 Å². The van der Waals surface area contributed by atoms with E-state index in [4.69, 9.17) is 19.5 Å². The second kappa shape index (κ2) is 9.88. The Morgan fingerprint density at radius 1 is 1.27 bits per heavy atom. The van der Waals surface area contributed by atoms with Crippen LogP contribution in [0.1, 0.15) is 29.8 Å². The minimum atomic E-state index is -1.26.